The Morgan fingerprint density at radius 3 is 3.00 bits per heavy atom. The van der Waals surface area contributed by atoms with Crippen LogP contribution in [0.2, 0.25) is 0 Å². The summed E-state index contributed by atoms with van der Waals surface area (Å²) in [6.07, 6.45) is 4.49. The van der Waals surface area contributed by atoms with E-state index in [2.05, 4.69) is 18.8 Å². The van der Waals surface area contributed by atoms with Gasteiger partial charge in [-0.25, -0.2) is 4.99 Å². The molecule has 80 valence electrons. The van der Waals surface area contributed by atoms with Crippen LogP contribution in [0.5, 0.6) is 0 Å². The van der Waals surface area contributed by atoms with E-state index in [4.69, 9.17) is 10.5 Å². The van der Waals surface area contributed by atoms with E-state index in [9.17, 15) is 0 Å². The minimum absolute atomic E-state index is 0.335. The van der Waals surface area contributed by atoms with Crippen molar-refractivity contribution in [1.82, 2.24) is 0 Å². The lowest BCUT2D eigenvalue weighted by Gasteiger charge is -2.26. The van der Waals surface area contributed by atoms with Crippen molar-refractivity contribution in [3.05, 3.63) is 0 Å². The Bertz CT molecular complexity index is 237. The van der Waals surface area contributed by atoms with Gasteiger partial charge in [-0.15, -0.1) is 0 Å². The van der Waals surface area contributed by atoms with Crippen LogP contribution in [0.25, 0.3) is 0 Å². The molecule has 3 heteroatoms. The average Bonchev–Trinajstić information content (AvgIpc) is 2.44. The predicted molar refractivity (Wildman–Crippen MR) is 57.4 cm³/mol. The van der Waals surface area contributed by atoms with Crippen LogP contribution >= 0.6 is 0 Å². The van der Waals surface area contributed by atoms with Gasteiger partial charge in [0, 0.05) is 12.5 Å². The molecule has 1 aliphatic carbocycles. The first-order valence-corrected chi connectivity index (χ1v) is 5.64. The minimum Gasteiger partial charge on any atom is -0.475 e. The Hall–Kier alpha value is -0.570. The number of nitrogens with zero attached hydrogens (tertiary/aromatic N) is 1. The Balaban J connectivity index is 1.95. The van der Waals surface area contributed by atoms with Crippen LogP contribution in [-0.2, 0) is 4.74 Å². The summed E-state index contributed by atoms with van der Waals surface area (Å²) in [5, 5.41) is 0. The third-order valence-corrected chi connectivity index (χ3v) is 2.98. The summed E-state index contributed by atoms with van der Waals surface area (Å²) in [7, 11) is 0. The number of rotatable bonds is 2. The third kappa shape index (κ3) is 2.08. The molecule has 1 aliphatic heterocycles. The normalized spacial score (nSPS) is 36.6. The zero-order valence-corrected chi connectivity index (χ0v) is 9.07. The summed E-state index contributed by atoms with van der Waals surface area (Å²) < 4.78 is 5.82. The fourth-order valence-corrected chi connectivity index (χ4v) is 2.26. The van der Waals surface area contributed by atoms with Gasteiger partial charge in [-0.1, -0.05) is 13.8 Å². The smallest absolute Gasteiger partial charge is 0.184 e. The van der Waals surface area contributed by atoms with E-state index in [1.54, 1.807) is 0 Å². The summed E-state index contributed by atoms with van der Waals surface area (Å²) >= 11 is 0. The maximum absolute atomic E-state index is 5.91. The highest BCUT2D eigenvalue weighted by atomic mass is 16.5. The Morgan fingerprint density at radius 2 is 2.29 bits per heavy atom. The lowest BCUT2D eigenvalue weighted by molar-refractivity contribution is 0.140. The van der Waals surface area contributed by atoms with Crippen molar-refractivity contribution in [1.29, 1.82) is 0 Å². The molecule has 0 aromatic heterocycles. The molecule has 2 rings (SSSR count). The van der Waals surface area contributed by atoms with Gasteiger partial charge in [-0.3, -0.25) is 0 Å². The molecule has 0 amide bonds. The average molecular weight is 196 g/mol. The molecule has 1 fully saturated rings. The molecular weight excluding hydrogens is 176 g/mol. The predicted octanol–water partition coefficient (Wildman–Crippen LogP) is 1.71. The second-order valence-corrected chi connectivity index (χ2v) is 4.92. The van der Waals surface area contributed by atoms with Gasteiger partial charge in [-0.05, 0) is 25.2 Å². The van der Waals surface area contributed by atoms with Crippen molar-refractivity contribution < 1.29 is 4.74 Å². The molecule has 0 radical (unpaired) electrons. The quantitative estimate of drug-likeness (QED) is 0.731. The standard InChI is InChI=1S/C11H20N2O/c1-7(2)5-11-13-9-6-8(12)3-4-10(9)14-11/h7-10H,3-6,12H2,1-2H3. The molecule has 0 saturated heterocycles. The van der Waals surface area contributed by atoms with Crippen LogP contribution in [0.4, 0.5) is 0 Å². The molecule has 1 saturated carbocycles. The number of fused-ring (bicyclic) bond motifs is 1. The Kier molecular flexibility index (Phi) is 2.77. The molecule has 1 heterocycles. The molecule has 0 bridgehead atoms. The van der Waals surface area contributed by atoms with Crippen LogP contribution in [-0.4, -0.2) is 24.1 Å². The van der Waals surface area contributed by atoms with E-state index >= 15 is 0 Å². The second kappa shape index (κ2) is 3.89. The number of hydrogen-bond donors (Lipinski definition) is 1. The van der Waals surface area contributed by atoms with E-state index in [1.807, 2.05) is 0 Å². The van der Waals surface area contributed by atoms with Gasteiger partial charge in [0.2, 0.25) is 0 Å². The van der Waals surface area contributed by atoms with Crippen LogP contribution in [0.3, 0.4) is 0 Å². The molecule has 2 aliphatic rings. The van der Waals surface area contributed by atoms with Crippen molar-refractivity contribution in [3.8, 4) is 0 Å². The topological polar surface area (TPSA) is 47.6 Å². The molecule has 3 atom stereocenters. The fourth-order valence-electron chi connectivity index (χ4n) is 2.26. The van der Waals surface area contributed by atoms with Crippen molar-refractivity contribution >= 4 is 5.90 Å². The molecule has 0 aromatic rings. The zero-order valence-electron chi connectivity index (χ0n) is 9.07. The fraction of sp³-hybridized carbons (Fsp3) is 0.909. The zero-order chi connectivity index (χ0) is 10.1. The maximum atomic E-state index is 5.91. The first-order valence-electron chi connectivity index (χ1n) is 5.64. The highest BCUT2D eigenvalue weighted by Gasteiger charge is 2.35. The largest absolute Gasteiger partial charge is 0.475 e. The summed E-state index contributed by atoms with van der Waals surface area (Å²) in [5.74, 6) is 1.59. The van der Waals surface area contributed by atoms with Gasteiger partial charge in [0.1, 0.15) is 6.10 Å². The van der Waals surface area contributed by atoms with Gasteiger partial charge in [0.15, 0.2) is 5.90 Å². The number of hydrogen-bond acceptors (Lipinski definition) is 3. The van der Waals surface area contributed by atoms with Crippen molar-refractivity contribution in [2.45, 2.75) is 57.7 Å². The van der Waals surface area contributed by atoms with Crippen molar-refractivity contribution in [2.24, 2.45) is 16.6 Å². The van der Waals surface area contributed by atoms with Crippen LogP contribution in [0.15, 0.2) is 4.99 Å². The third-order valence-electron chi connectivity index (χ3n) is 2.98. The van der Waals surface area contributed by atoms with E-state index in [-0.39, 0.29) is 0 Å². The molecule has 0 spiro atoms. The SMILES string of the molecule is CC(C)CC1=NC2CC(N)CCC2O1. The van der Waals surface area contributed by atoms with E-state index in [1.165, 1.54) is 0 Å². The minimum atomic E-state index is 0.335. The summed E-state index contributed by atoms with van der Waals surface area (Å²) in [6.45, 7) is 4.39. The van der Waals surface area contributed by atoms with Gasteiger partial charge < -0.3 is 10.5 Å². The Morgan fingerprint density at radius 1 is 1.50 bits per heavy atom. The van der Waals surface area contributed by atoms with Crippen LogP contribution in [0, 0.1) is 5.92 Å². The van der Waals surface area contributed by atoms with Gasteiger partial charge in [0.25, 0.3) is 0 Å². The molecule has 3 unspecified atom stereocenters. The van der Waals surface area contributed by atoms with Gasteiger partial charge >= 0.3 is 0 Å². The van der Waals surface area contributed by atoms with Crippen LogP contribution < -0.4 is 5.73 Å². The molecule has 14 heavy (non-hydrogen) atoms. The molecule has 2 N–H and O–H groups in total. The summed E-state index contributed by atoms with van der Waals surface area (Å²) in [4.78, 5) is 4.62. The monoisotopic (exact) mass is 196 g/mol. The lowest BCUT2D eigenvalue weighted by Crippen LogP contribution is -2.37. The number of nitrogens with two attached hydrogens (primary N) is 1. The summed E-state index contributed by atoms with van der Waals surface area (Å²) in [6, 6.07) is 0.689. The highest BCUT2D eigenvalue weighted by Crippen LogP contribution is 2.29. The first kappa shape index (κ1) is 9.97. The molecule has 3 nitrogen and oxygen atoms in total. The number of aliphatic imine (C=N–C) groups is 1. The first-order chi connectivity index (χ1) is 6.65. The van der Waals surface area contributed by atoms with Crippen molar-refractivity contribution in [3.63, 3.8) is 0 Å². The van der Waals surface area contributed by atoms with Crippen LogP contribution in [0.1, 0.15) is 39.5 Å². The molecular formula is C11H20N2O. The maximum Gasteiger partial charge on any atom is 0.184 e. The highest BCUT2D eigenvalue weighted by molar-refractivity contribution is 5.78. The van der Waals surface area contributed by atoms with Gasteiger partial charge in [-0.2, -0.15) is 0 Å². The second-order valence-electron chi connectivity index (χ2n) is 4.92. The Labute approximate surface area is 85.7 Å². The van der Waals surface area contributed by atoms with E-state index in [0.717, 1.165) is 31.6 Å². The molecule has 0 aromatic carbocycles. The lowest BCUT2D eigenvalue weighted by atomic mass is 9.90. The summed E-state index contributed by atoms with van der Waals surface area (Å²) in [5.41, 5.74) is 5.91. The van der Waals surface area contributed by atoms with Gasteiger partial charge in [0.05, 0.1) is 6.04 Å². The number of ether oxygens (including phenoxy) is 1. The van der Waals surface area contributed by atoms with E-state index < -0.39 is 0 Å². The van der Waals surface area contributed by atoms with E-state index in [0.29, 0.717) is 24.1 Å². The van der Waals surface area contributed by atoms with Crippen molar-refractivity contribution in [2.75, 3.05) is 0 Å².